The molecule has 0 atom stereocenters. The zero-order valence-corrected chi connectivity index (χ0v) is 18.5. The molecule has 0 saturated carbocycles. The van der Waals surface area contributed by atoms with Crippen molar-refractivity contribution in [2.75, 3.05) is 0 Å². The van der Waals surface area contributed by atoms with Gasteiger partial charge in [-0.25, -0.2) is 0 Å². The van der Waals surface area contributed by atoms with E-state index in [4.69, 9.17) is 4.42 Å². The fraction of sp³-hybridized carbons (Fsp3) is 0.0323. The van der Waals surface area contributed by atoms with Crippen LogP contribution in [0.2, 0.25) is 0 Å². The summed E-state index contributed by atoms with van der Waals surface area (Å²) in [4.78, 5) is 0. The number of aryl methyl sites for hydroxylation is 1. The molecule has 9 rings (SSSR count). The Bertz CT molecular complexity index is 2290. The molecule has 0 radical (unpaired) electrons. The monoisotopic (exact) mass is 434 g/mol. The van der Waals surface area contributed by atoms with Gasteiger partial charge in [0.15, 0.2) is 0 Å². The number of para-hydroxylation sites is 3. The minimum atomic E-state index is 0.932. The Labute approximate surface area is 193 Å². The lowest BCUT2D eigenvalue weighted by molar-refractivity contribution is 0.669. The molecular weight excluding hydrogens is 416 g/mol. The van der Waals surface area contributed by atoms with Crippen LogP contribution >= 0.6 is 0 Å². The molecule has 0 aliphatic heterocycles. The second-order valence-electron chi connectivity index (χ2n) is 9.40. The third-order valence-electron chi connectivity index (χ3n) is 7.84. The molecule has 0 unspecified atom stereocenters. The Hall–Kier alpha value is -4.50. The number of fused-ring (bicyclic) bond motifs is 9. The Morgan fingerprint density at radius 1 is 0.500 bits per heavy atom. The van der Waals surface area contributed by atoms with Gasteiger partial charge in [0, 0.05) is 50.9 Å². The van der Waals surface area contributed by atoms with E-state index in [9.17, 15) is 0 Å². The minimum absolute atomic E-state index is 0.932. The van der Waals surface area contributed by atoms with Crippen molar-refractivity contribution in [2.24, 2.45) is 7.05 Å². The van der Waals surface area contributed by atoms with Crippen LogP contribution in [0.3, 0.4) is 0 Å². The molecule has 5 aromatic carbocycles. The van der Waals surface area contributed by atoms with E-state index in [0.29, 0.717) is 0 Å². The summed E-state index contributed by atoms with van der Waals surface area (Å²) in [6.45, 7) is 0. The molecule has 4 aromatic heterocycles. The van der Waals surface area contributed by atoms with Crippen molar-refractivity contribution in [3.63, 3.8) is 0 Å². The molecule has 34 heavy (non-hydrogen) atoms. The summed E-state index contributed by atoms with van der Waals surface area (Å²) in [5.41, 5.74) is 8.04. The van der Waals surface area contributed by atoms with E-state index >= 15 is 0 Å². The average molecular weight is 434 g/mol. The number of aromatic nitrogens is 2. The van der Waals surface area contributed by atoms with Gasteiger partial charge in [-0.2, -0.15) is 0 Å². The van der Waals surface area contributed by atoms with E-state index in [1.165, 1.54) is 70.7 Å². The standard InChI is InChI=1S/C31H18N2O/c1-32-23-14-7-10-18-20-12-6-11-19-17-8-2-4-13-22(17)33(30(19)20)24-16-26-28(31(32)29(24)27(18)23)21-9-3-5-15-25(21)34-26/h2-16H,1H3. The largest absolute Gasteiger partial charge is 0.456 e. The molecule has 0 saturated heterocycles. The Balaban J connectivity index is 1.79. The highest BCUT2D eigenvalue weighted by atomic mass is 16.3. The third-order valence-corrected chi connectivity index (χ3v) is 7.84. The van der Waals surface area contributed by atoms with Crippen molar-refractivity contribution in [2.45, 2.75) is 0 Å². The van der Waals surface area contributed by atoms with Crippen LogP contribution < -0.4 is 0 Å². The van der Waals surface area contributed by atoms with Crippen LogP contribution in [0, 0.1) is 0 Å². The van der Waals surface area contributed by atoms with Crippen LogP contribution in [0.5, 0.6) is 0 Å². The van der Waals surface area contributed by atoms with Gasteiger partial charge >= 0.3 is 0 Å². The number of hydrogen-bond donors (Lipinski definition) is 0. The highest BCUT2D eigenvalue weighted by molar-refractivity contribution is 6.35. The van der Waals surface area contributed by atoms with Gasteiger partial charge in [0.05, 0.1) is 27.5 Å². The number of furan rings is 1. The maximum absolute atomic E-state index is 6.46. The average Bonchev–Trinajstić information content (AvgIpc) is 3.48. The molecule has 0 fully saturated rings. The van der Waals surface area contributed by atoms with Crippen molar-refractivity contribution in [3.05, 3.63) is 91.0 Å². The van der Waals surface area contributed by atoms with E-state index < -0.39 is 0 Å². The lowest BCUT2D eigenvalue weighted by atomic mass is 10.0. The van der Waals surface area contributed by atoms with Gasteiger partial charge in [-0.05, 0) is 23.6 Å². The first kappa shape index (κ1) is 17.0. The number of benzene rings is 5. The van der Waals surface area contributed by atoms with Crippen LogP contribution in [0.4, 0.5) is 0 Å². The van der Waals surface area contributed by atoms with E-state index in [0.717, 1.165) is 11.2 Å². The summed E-state index contributed by atoms with van der Waals surface area (Å²) in [6.07, 6.45) is 0. The predicted octanol–water partition coefficient (Wildman–Crippen LogP) is 8.38. The van der Waals surface area contributed by atoms with Gasteiger partial charge in [-0.3, -0.25) is 0 Å². The SMILES string of the molecule is Cn1c2cccc3c4cccc5c6ccccc6n(c6cc7oc8ccccc8c7c1c6c32)c45. The van der Waals surface area contributed by atoms with Crippen molar-refractivity contribution >= 4 is 81.8 Å². The summed E-state index contributed by atoms with van der Waals surface area (Å²) in [6, 6.07) is 32.9. The van der Waals surface area contributed by atoms with Crippen molar-refractivity contribution in [1.82, 2.24) is 8.97 Å². The van der Waals surface area contributed by atoms with Crippen LogP contribution in [0.15, 0.2) is 95.4 Å². The molecule has 0 N–H and O–H groups in total. The molecule has 0 aliphatic carbocycles. The van der Waals surface area contributed by atoms with Gasteiger partial charge in [-0.15, -0.1) is 0 Å². The van der Waals surface area contributed by atoms with E-state index in [1.807, 2.05) is 6.07 Å². The highest BCUT2D eigenvalue weighted by Gasteiger charge is 2.23. The Morgan fingerprint density at radius 2 is 1.18 bits per heavy atom. The molecule has 3 nitrogen and oxygen atoms in total. The first-order chi connectivity index (χ1) is 16.8. The lowest BCUT2D eigenvalue weighted by Gasteiger charge is -2.05. The minimum Gasteiger partial charge on any atom is -0.456 e. The summed E-state index contributed by atoms with van der Waals surface area (Å²) in [7, 11) is 2.19. The smallest absolute Gasteiger partial charge is 0.139 e. The molecule has 9 aromatic rings. The summed E-state index contributed by atoms with van der Waals surface area (Å²) < 4.78 is 11.3. The maximum atomic E-state index is 6.46. The van der Waals surface area contributed by atoms with Crippen molar-refractivity contribution in [1.29, 1.82) is 0 Å². The molecule has 158 valence electrons. The van der Waals surface area contributed by atoms with Crippen molar-refractivity contribution in [3.8, 4) is 0 Å². The first-order valence-electron chi connectivity index (χ1n) is 11.7. The lowest BCUT2D eigenvalue weighted by Crippen LogP contribution is -1.90. The van der Waals surface area contributed by atoms with Gasteiger partial charge in [0.2, 0.25) is 0 Å². The predicted molar refractivity (Wildman–Crippen MR) is 142 cm³/mol. The molecule has 0 bridgehead atoms. The van der Waals surface area contributed by atoms with Crippen LogP contribution in [0.25, 0.3) is 81.8 Å². The summed E-state index contributed by atoms with van der Waals surface area (Å²) in [5.74, 6) is 0. The molecule has 0 spiro atoms. The molecule has 0 aliphatic rings. The van der Waals surface area contributed by atoms with Gasteiger partial charge < -0.3 is 13.4 Å². The zero-order chi connectivity index (χ0) is 22.1. The van der Waals surface area contributed by atoms with Gasteiger partial charge in [0.1, 0.15) is 11.2 Å². The second kappa shape index (κ2) is 5.52. The normalized spacial score (nSPS) is 12.9. The Morgan fingerprint density at radius 3 is 2.09 bits per heavy atom. The molecule has 3 heteroatoms. The van der Waals surface area contributed by atoms with E-state index in [1.54, 1.807) is 0 Å². The summed E-state index contributed by atoms with van der Waals surface area (Å²) >= 11 is 0. The molecule has 0 amide bonds. The fourth-order valence-electron chi connectivity index (χ4n) is 6.52. The van der Waals surface area contributed by atoms with Gasteiger partial charge in [0.25, 0.3) is 0 Å². The van der Waals surface area contributed by atoms with Gasteiger partial charge in [-0.1, -0.05) is 66.7 Å². The maximum Gasteiger partial charge on any atom is 0.139 e. The zero-order valence-electron chi connectivity index (χ0n) is 18.5. The van der Waals surface area contributed by atoms with Crippen molar-refractivity contribution < 1.29 is 4.42 Å². The molecule has 4 heterocycles. The van der Waals surface area contributed by atoms with E-state index in [2.05, 4.69) is 101 Å². The quantitative estimate of drug-likeness (QED) is 0.235. The third kappa shape index (κ3) is 1.74. The fourth-order valence-corrected chi connectivity index (χ4v) is 6.52. The highest BCUT2D eigenvalue weighted by Crippen LogP contribution is 2.46. The van der Waals surface area contributed by atoms with Crippen LogP contribution in [0.1, 0.15) is 0 Å². The topological polar surface area (TPSA) is 22.5 Å². The summed E-state index contributed by atoms with van der Waals surface area (Å²) in [5, 5.41) is 10.1. The van der Waals surface area contributed by atoms with E-state index in [-0.39, 0.29) is 0 Å². The first-order valence-corrected chi connectivity index (χ1v) is 11.7. The van der Waals surface area contributed by atoms with Crippen LogP contribution in [-0.2, 0) is 7.05 Å². The molecular formula is C31H18N2O. The number of hydrogen-bond acceptors (Lipinski definition) is 1. The second-order valence-corrected chi connectivity index (χ2v) is 9.40. The number of rotatable bonds is 0. The Kier molecular flexibility index (Phi) is 2.77. The number of nitrogens with zero attached hydrogens (tertiary/aromatic N) is 2. The van der Waals surface area contributed by atoms with Crippen LogP contribution in [-0.4, -0.2) is 8.97 Å².